The molecule has 1 aromatic rings. The van der Waals surface area contributed by atoms with Crippen molar-refractivity contribution in [1.82, 2.24) is 10.6 Å². The highest BCUT2D eigenvalue weighted by Crippen LogP contribution is 2.11. The van der Waals surface area contributed by atoms with E-state index in [0.717, 1.165) is 24.8 Å². The van der Waals surface area contributed by atoms with Gasteiger partial charge in [0.2, 0.25) is 17.7 Å². The minimum atomic E-state index is -0.786. The van der Waals surface area contributed by atoms with E-state index in [1.807, 2.05) is 13.8 Å². The van der Waals surface area contributed by atoms with Crippen molar-refractivity contribution in [3.8, 4) is 0 Å². The predicted molar refractivity (Wildman–Crippen MR) is 119 cm³/mol. The summed E-state index contributed by atoms with van der Waals surface area (Å²) in [4.78, 5) is 48.1. The highest BCUT2D eigenvalue weighted by molar-refractivity contribution is 5.98. The van der Waals surface area contributed by atoms with Gasteiger partial charge in [-0.2, -0.15) is 0 Å². The number of hydrogen-bond donors (Lipinski definition) is 3. The fourth-order valence-electron chi connectivity index (χ4n) is 2.80. The van der Waals surface area contributed by atoms with Crippen LogP contribution in [-0.2, 0) is 30.5 Å². The number of carbonyl (C=O) groups excluding carboxylic acids is 4. The molecule has 8 heteroatoms. The van der Waals surface area contributed by atoms with Crippen molar-refractivity contribution in [2.75, 3.05) is 5.32 Å². The van der Waals surface area contributed by atoms with Gasteiger partial charge < -0.3 is 20.7 Å². The average Bonchev–Trinajstić information content (AvgIpc) is 2.71. The number of ether oxygens (including phenoxy) is 1. The highest BCUT2D eigenvalue weighted by Gasteiger charge is 2.26. The summed E-state index contributed by atoms with van der Waals surface area (Å²) in [5.41, 5.74) is 1.35. The van der Waals surface area contributed by atoms with Crippen LogP contribution in [0.5, 0.6) is 0 Å². The van der Waals surface area contributed by atoms with Gasteiger partial charge in [0.25, 0.3) is 0 Å². The minimum Gasteiger partial charge on any atom is -0.461 e. The molecule has 0 heterocycles. The molecule has 0 aliphatic rings. The molecule has 0 aromatic heterocycles. The summed E-state index contributed by atoms with van der Waals surface area (Å²) < 4.78 is 4.92. The fraction of sp³-hybridized carbons (Fsp3) is 0.565. The Balaban J connectivity index is 2.59. The minimum absolute atomic E-state index is 0.116. The first-order valence-corrected chi connectivity index (χ1v) is 10.8. The standard InChI is InChI=1S/C23H35N3O5/c1-6-7-8-9-20(28)26-21(15(2)3)23(30)24-16(4)22(29)25-19-12-10-18(11-13-19)14-31-17(5)27/h10-13,15-16,21H,6-9,14H2,1-5H3,(H,24,30)(H,25,29)(H,26,28)/t16-,21?/m0/s1. The Morgan fingerprint density at radius 1 is 0.935 bits per heavy atom. The lowest BCUT2D eigenvalue weighted by atomic mass is 10.0. The summed E-state index contributed by atoms with van der Waals surface area (Å²) in [6.45, 7) is 8.84. The van der Waals surface area contributed by atoms with E-state index in [0.29, 0.717) is 12.1 Å². The number of nitrogens with one attached hydrogen (secondary N) is 3. The van der Waals surface area contributed by atoms with Gasteiger partial charge in [-0.05, 0) is 37.0 Å². The molecule has 0 spiro atoms. The lowest BCUT2D eigenvalue weighted by molar-refractivity contribution is -0.142. The molecule has 0 saturated heterocycles. The van der Waals surface area contributed by atoms with Crippen LogP contribution in [0, 0.1) is 5.92 Å². The molecule has 1 rings (SSSR count). The molecule has 0 bridgehead atoms. The fourth-order valence-corrected chi connectivity index (χ4v) is 2.80. The lowest BCUT2D eigenvalue weighted by Gasteiger charge is -2.24. The van der Waals surface area contributed by atoms with Crippen LogP contribution in [0.15, 0.2) is 24.3 Å². The third-order valence-corrected chi connectivity index (χ3v) is 4.69. The topological polar surface area (TPSA) is 114 Å². The van der Waals surface area contributed by atoms with Gasteiger partial charge in [-0.1, -0.05) is 45.7 Å². The second kappa shape index (κ2) is 13.4. The first-order valence-electron chi connectivity index (χ1n) is 10.8. The van der Waals surface area contributed by atoms with Crippen LogP contribution in [0.1, 0.15) is 65.9 Å². The smallest absolute Gasteiger partial charge is 0.302 e. The Hall–Kier alpha value is -2.90. The number of hydrogen-bond acceptors (Lipinski definition) is 5. The van der Waals surface area contributed by atoms with Crippen LogP contribution in [0.2, 0.25) is 0 Å². The van der Waals surface area contributed by atoms with Crippen LogP contribution < -0.4 is 16.0 Å². The zero-order chi connectivity index (χ0) is 23.4. The number of benzene rings is 1. The summed E-state index contributed by atoms with van der Waals surface area (Å²) in [6, 6.07) is 5.38. The third kappa shape index (κ3) is 10.1. The number of amides is 3. The second-order valence-corrected chi connectivity index (χ2v) is 7.94. The number of carbonyl (C=O) groups is 4. The predicted octanol–water partition coefficient (Wildman–Crippen LogP) is 2.91. The van der Waals surface area contributed by atoms with Crippen molar-refractivity contribution >= 4 is 29.4 Å². The summed E-state index contributed by atoms with van der Waals surface area (Å²) in [5, 5.41) is 8.19. The SMILES string of the molecule is CCCCCC(=O)NC(C(=O)N[C@@H](C)C(=O)Nc1ccc(COC(C)=O)cc1)C(C)C. The van der Waals surface area contributed by atoms with Crippen LogP contribution in [-0.4, -0.2) is 35.8 Å². The molecule has 0 saturated carbocycles. The van der Waals surface area contributed by atoms with Gasteiger partial charge in [-0.25, -0.2) is 0 Å². The molecule has 0 radical (unpaired) electrons. The monoisotopic (exact) mass is 433 g/mol. The van der Waals surface area contributed by atoms with Gasteiger partial charge >= 0.3 is 5.97 Å². The normalized spacial score (nSPS) is 12.6. The quantitative estimate of drug-likeness (QED) is 0.346. The molecule has 0 fully saturated rings. The maximum Gasteiger partial charge on any atom is 0.302 e. The lowest BCUT2D eigenvalue weighted by Crippen LogP contribution is -2.53. The van der Waals surface area contributed by atoms with Gasteiger partial charge in [0.15, 0.2) is 0 Å². The molecular formula is C23H35N3O5. The molecule has 1 aromatic carbocycles. The van der Waals surface area contributed by atoms with E-state index in [4.69, 9.17) is 4.74 Å². The summed E-state index contributed by atoms with van der Waals surface area (Å²) in [6.07, 6.45) is 3.15. The van der Waals surface area contributed by atoms with Crippen LogP contribution >= 0.6 is 0 Å². The molecule has 1 unspecified atom stereocenters. The van der Waals surface area contributed by atoms with E-state index in [2.05, 4.69) is 22.9 Å². The Morgan fingerprint density at radius 2 is 1.58 bits per heavy atom. The van der Waals surface area contributed by atoms with E-state index in [-0.39, 0.29) is 30.3 Å². The van der Waals surface area contributed by atoms with Crippen molar-refractivity contribution in [1.29, 1.82) is 0 Å². The number of unbranched alkanes of at least 4 members (excludes halogenated alkanes) is 2. The highest BCUT2D eigenvalue weighted by atomic mass is 16.5. The Bertz CT molecular complexity index is 746. The van der Waals surface area contributed by atoms with E-state index >= 15 is 0 Å². The Labute approximate surface area is 184 Å². The van der Waals surface area contributed by atoms with Gasteiger partial charge in [-0.3, -0.25) is 19.2 Å². The molecule has 172 valence electrons. The molecule has 3 amide bonds. The van der Waals surface area contributed by atoms with E-state index in [9.17, 15) is 19.2 Å². The zero-order valence-electron chi connectivity index (χ0n) is 19.1. The van der Waals surface area contributed by atoms with Crippen molar-refractivity contribution in [2.24, 2.45) is 5.92 Å². The Kier molecular flexibility index (Phi) is 11.3. The molecule has 31 heavy (non-hydrogen) atoms. The third-order valence-electron chi connectivity index (χ3n) is 4.69. The van der Waals surface area contributed by atoms with Crippen molar-refractivity contribution in [2.45, 2.75) is 79.0 Å². The first-order chi connectivity index (χ1) is 14.6. The average molecular weight is 434 g/mol. The van der Waals surface area contributed by atoms with E-state index < -0.39 is 18.0 Å². The van der Waals surface area contributed by atoms with E-state index in [1.54, 1.807) is 31.2 Å². The van der Waals surface area contributed by atoms with E-state index in [1.165, 1.54) is 6.92 Å². The molecular weight excluding hydrogens is 398 g/mol. The summed E-state index contributed by atoms with van der Waals surface area (Å²) in [7, 11) is 0. The second-order valence-electron chi connectivity index (χ2n) is 7.94. The number of anilines is 1. The van der Waals surface area contributed by atoms with Crippen molar-refractivity contribution in [3.63, 3.8) is 0 Å². The molecule has 3 N–H and O–H groups in total. The van der Waals surface area contributed by atoms with Gasteiger partial charge in [0.1, 0.15) is 18.7 Å². The Morgan fingerprint density at radius 3 is 2.13 bits per heavy atom. The van der Waals surface area contributed by atoms with Gasteiger partial charge in [0, 0.05) is 19.0 Å². The molecule has 0 aliphatic carbocycles. The maximum atomic E-state index is 12.6. The largest absolute Gasteiger partial charge is 0.461 e. The van der Waals surface area contributed by atoms with Crippen LogP contribution in [0.3, 0.4) is 0 Å². The summed E-state index contributed by atoms with van der Waals surface area (Å²) in [5.74, 6) is -1.40. The molecule has 8 nitrogen and oxygen atoms in total. The van der Waals surface area contributed by atoms with Gasteiger partial charge in [-0.15, -0.1) is 0 Å². The molecule has 2 atom stereocenters. The van der Waals surface area contributed by atoms with Crippen molar-refractivity contribution in [3.05, 3.63) is 29.8 Å². The van der Waals surface area contributed by atoms with Crippen LogP contribution in [0.4, 0.5) is 5.69 Å². The first kappa shape index (κ1) is 26.1. The summed E-state index contributed by atoms with van der Waals surface area (Å²) >= 11 is 0. The zero-order valence-corrected chi connectivity index (χ0v) is 19.1. The molecule has 0 aliphatic heterocycles. The number of rotatable bonds is 12. The van der Waals surface area contributed by atoms with Gasteiger partial charge in [0.05, 0.1) is 0 Å². The number of esters is 1. The maximum absolute atomic E-state index is 12.6. The van der Waals surface area contributed by atoms with Crippen molar-refractivity contribution < 1.29 is 23.9 Å². The van der Waals surface area contributed by atoms with Crippen LogP contribution in [0.25, 0.3) is 0 Å².